The molecule has 0 aromatic heterocycles. The first kappa shape index (κ1) is 25.6. The summed E-state index contributed by atoms with van der Waals surface area (Å²) in [5.41, 5.74) is -0.174. The number of benzene rings is 2. The SMILES string of the molecule is CCN(CC)S(=O)(=O)c1ccc(OC(C)C)c(NS(=O)(=O)c2cc([N+](=O)[O-])ccc2C)c1. The molecular weight excluding hydrogens is 458 g/mol. The Hall–Kier alpha value is -2.70. The Morgan fingerprint density at radius 3 is 2.22 bits per heavy atom. The van der Waals surface area contributed by atoms with Crippen LogP contribution in [-0.4, -0.2) is 45.3 Å². The number of nitro groups is 1. The zero-order valence-electron chi connectivity index (χ0n) is 18.5. The fraction of sp³-hybridized carbons (Fsp3) is 0.400. The molecule has 10 nitrogen and oxygen atoms in total. The van der Waals surface area contributed by atoms with Crippen molar-refractivity contribution in [2.24, 2.45) is 0 Å². The quantitative estimate of drug-likeness (QED) is 0.402. The lowest BCUT2D eigenvalue weighted by Gasteiger charge is -2.21. The molecule has 0 unspecified atom stereocenters. The van der Waals surface area contributed by atoms with Crippen molar-refractivity contribution in [2.75, 3.05) is 17.8 Å². The lowest BCUT2D eigenvalue weighted by atomic mass is 10.2. The second kappa shape index (κ2) is 9.84. The van der Waals surface area contributed by atoms with Crippen molar-refractivity contribution >= 4 is 31.4 Å². The van der Waals surface area contributed by atoms with E-state index in [0.717, 1.165) is 6.07 Å². The van der Waals surface area contributed by atoms with Crippen LogP contribution in [0.3, 0.4) is 0 Å². The molecular formula is C20H27N3O7S2. The Kier molecular flexibility index (Phi) is 7.86. The van der Waals surface area contributed by atoms with Gasteiger partial charge in [0, 0.05) is 25.2 Å². The summed E-state index contributed by atoms with van der Waals surface area (Å²) in [6.45, 7) is 8.88. The van der Waals surface area contributed by atoms with Gasteiger partial charge in [0.1, 0.15) is 5.75 Å². The molecule has 0 atom stereocenters. The van der Waals surface area contributed by atoms with Gasteiger partial charge in [-0.2, -0.15) is 4.31 Å². The van der Waals surface area contributed by atoms with Crippen LogP contribution in [-0.2, 0) is 20.0 Å². The van der Waals surface area contributed by atoms with E-state index in [9.17, 15) is 26.9 Å². The second-order valence-corrected chi connectivity index (χ2v) is 10.8. The number of sulfonamides is 2. The van der Waals surface area contributed by atoms with Crippen LogP contribution in [0.1, 0.15) is 33.3 Å². The summed E-state index contributed by atoms with van der Waals surface area (Å²) in [6.07, 6.45) is -0.317. The maximum Gasteiger partial charge on any atom is 0.270 e. The Balaban J connectivity index is 2.62. The van der Waals surface area contributed by atoms with Gasteiger partial charge >= 0.3 is 0 Å². The van der Waals surface area contributed by atoms with Crippen molar-refractivity contribution in [1.29, 1.82) is 0 Å². The van der Waals surface area contributed by atoms with Crippen LogP contribution in [0, 0.1) is 17.0 Å². The Morgan fingerprint density at radius 1 is 1.06 bits per heavy atom. The smallest absolute Gasteiger partial charge is 0.270 e. The van der Waals surface area contributed by atoms with Crippen molar-refractivity contribution in [2.45, 2.75) is 50.5 Å². The van der Waals surface area contributed by atoms with Crippen LogP contribution >= 0.6 is 0 Å². The summed E-state index contributed by atoms with van der Waals surface area (Å²) in [7, 11) is -8.16. The van der Waals surface area contributed by atoms with Gasteiger partial charge in [-0.3, -0.25) is 14.8 Å². The van der Waals surface area contributed by atoms with E-state index >= 15 is 0 Å². The highest BCUT2D eigenvalue weighted by molar-refractivity contribution is 7.92. The number of nitrogens with zero attached hydrogens (tertiary/aromatic N) is 2. The minimum Gasteiger partial charge on any atom is -0.489 e. The van der Waals surface area contributed by atoms with Gasteiger partial charge in [-0.25, -0.2) is 16.8 Å². The minimum absolute atomic E-state index is 0.0853. The molecule has 32 heavy (non-hydrogen) atoms. The summed E-state index contributed by atoms with van der Waals surface area (Å²) in [4.78, 5) is 10.0. The number of rotatable bonds is 10. The third-order valence-electron chi connectivity index (χ3n) is 4.57. The lowest BCUT2D eigenvalue weighted by molar-refractivity contribution is -0.385. The summed E-state index contributed by atoms with van der Waals surface area (Å²) in [6, 6.07) is 7.42. The van der Waals surface area contributed by atoms with Crippen LogP contribution in [0.15, 0.2) is 46.2 Å². The number of hydrogen-bond donors (Lipinski definition) is 1. The van der Waals surface area contributed by atoms with Crippen LogP contribution in [0.25, 0.3) is 0 Å². The van der Waals surface area contributed by atoms with Crippen LogP contribution in [0.5, 0.6) is 5.75 Å². The molecule has 0 fully saturated rings. The molecule has 0 heterocycles. The zero-order chi connectivity index (χ0) is 24.3. The van der Waals surface area contributed by atoms with Crippen molar-refractivity contribution in [1.82, 2.24) is 4.31 Å². The Morgan fingerprint density at radius 2 is 1.69 bits per heavy atom. The molecule has 2 aromatic carbocycles. The van der Waals surface area contributed by atoms with Crippen molar-refractivity contribution in [3.63, 3.8) is 0 Å². The largest absolute Gasteiger partial charge is 0.489 e. The number of non-ortho nitro benzene ring substituents is 1. The van der Waals surface area contributed by atoms with E-state index in [1.165, 1.54) is 41.6 Å². The van der Waals surface area contributed by atoms with Crippen LogP contribution in [0.2, 0.25) is 0 Å². The predicted molar refractivity (Wildman–Crippen MR) is 121 cm³/mol. The monoisotopic (exact) mass is 485 g/mol. The topological polar surface area (TPSA) is 136 Å². The average Bonchev–Trinajstić information content (AvgIpc) is 2.69. The van der Waals surface area contributed by atoms with E-state index in [1.807, 2.05) is 0 Å². The predicted octanol–water partition coefficient (Wildman–Crippen LogP) is 3.52. The normalized spacial score (nSPS) is 12.2. The molecule has 12 heteroatoms. The fourth-order valence-corrected chi connectivity index (χ4v) is 5.82. The molecule has 0 aliphatic heterocycles. The Labute approximate surface area is 188 Å². The summed E-state index contributed by atoms with van der Waals surface area (Å²) >= 11 is 0. The van der Waals surface area contributed by atoms with Crippen molar-refractivity contribution in [3.05, 3.63) is 52.1 Å². The van der Waals surface area contributed by atoms with E-state index < -0.39 is 25.0 Å². The molecule has 0 saturated heterocycles. The molecule has 2 rings (SSSR count). The van der Waals surface area contributed by atoms with E-state index in [0.29, 0.717) is 5.56 Å². The van der Waals surface area contributed by atoms with E-state index in [-0.39, 0.29) is 46.1 Å². The maximum atomic E-state index is 13.1. The number of anilines is 1. The maximum absolute atomic E-state index is 13.1. The second-order valence-electron chi connectivity index (χ2n) is 7.23. The van der Waals surface area contributed by atoms with Crippen molar-refractivity contribution < 1.29 is 26.5 Å². The van der Waals surface area contributed by atoms with Crippen LogP contribution < -0.4 is 9.46 Å². The summed E-state index contributed by atoms with van der Waals surface area (Å²) in [5.74, 6) is 0.130. The van der Waals surface area contributed by atoms with Crippen LogP contribution in [0.4, 0.5) is 11.4 Å². The molecule has 0 radical (unpaired) electrons. The molecule has 0 amide bonds. The van der Waals surface area contributed by atoms with Crippen molar-refractivity contribution in [3.8, 4) is 5.75 Å². The highest BCUT2D eigenvalue weighted by Gasteiger charge is 2.26. The number of nitro benzene ring substituents is 1. The molecule has 0 spiro atoms. The zero-order valence-corrected chi connectivity index (χ0v) is 20.2. The molecule has 176 valence electrons. The van der Waals surface area contributed by atoms with Gasteiger partial charge in [0.25, 0.3) is 15.7 Å². The summed E-state index contributed by atoms with van der Waals surface area (Å²) in [5, 5.41) is 11.1. The first-order valence-corrected chi connectivity index (χ1v) is 12.8. The van der Waals surface area contributed by atoms with Gasteiger partial charge in [-0.05, 0) is 44.5 Å². The standard InChI is InChI=1S/C20H27N3O7S2/c1-6-22(7-2)32(28,29)17-10-11-19(30-14(3)4)18(13-17)21-31(26,27)20-12-16(23(24)25)9-8-15(20)5/h8-14,21H,6-7H2,1-5H3. The minimum atomic E-state index is -4.29. The van der Waals surface area contributed by atoms with Gasteiger partial charge in [0.2, 0.25) is 10.0 Å². The average molecular weight is 486 g/mol. The van der Waals surface area contributed by atoms with E-state index in [1.54, 1.807) is 27.7 Å². The molecule has 0 aliphatic rings. The highest BCUT2D eigenvalue weighted by Crippen LogP contribution is 2.33. The molecule has 1 N–H and O–H groups in total. The van der Waals surface area contributed by atoms with E-state index in [4.69, 9.17) is 4.74 Å². The van der Waals surface area contributed by atoms with Gasteiger partial charge in [0.05, 0.1) is 26.5 Å². The molecule has 0 saturated carbocycles. The lowest BCUT2D eigenvalue weighted by Crippen LogP contribution is -2.30. The number of aryl methyl sites for hydroxylation is 1. The molecule has 2 aromatic rings. The molecule has 0 bridgehead atoms. The number of ether oxygens (including phenoxy) is 1. The number of nitrogens with one attached hydrogen (secondary N) is 1. The third-order valence-corrected chi connectivity index (χ3v) is 8.13. The fourth-order valence-electron chi connectivity index (χ4n) is 3.01. The number of hydrogen-bond acceptors (Lipinski definition) is 7. The van der Waals surface area contributed by atoms with Gasteiger partial charge < -0.3 is 4.74 Å². The summed E-state index contributed by atoms with van der Waals surface area (Å²) < 4.78 is 61.3. The van der Waals surface area contributed by atoms with Gasteiger partial charge in [-0.1, -0.05) is 19.9 Å². The first-order chi connectivity index (χ1) is 14.8. The third kappa shape index (κ3) is 5.56. The van der Waals surface area contributed by atoms with Gasteiger partial charge in [-0.15, -0.1) is 0 Å². The van der Waals surface area contributed by atoms with E-state index in [2.05, 4.69) is 4.72 Å². The Bertz CT molecular complexity index is 1210. The molecule has 0 aliphatic carbocycles. The van der Waals surface area contributed by atoms with Gasteiger partial charge in [0.15, 0.2) is 0 Å². The highest BCUT2D eigenvalue weighted by atomic mass is 32.2. The first-order valence-electron chi connectivity index (χ1n) is 9.92.